The zero-order chi connectivity index (χ0) is 14.2. The van der Waals surface area contributed by atoms with Gasteiger partial charge < -0.3 is 5.32 Å². The van der Waals surface area contributed by atoms with Crippen LogP contribution < -0.4 is 5.32 Å². The fraction of sp³-hybridized carbons (Fsp3) is 0.333. The van der Waals surface area contributed by atoms with Crippen molar-refractivity contribution in [1.29, 1.82) is 0 Å². The standard InChI is InChI=1S/C15H15ClFN3/c1-10-19-13(16)8-14(20-10)18-9-15(6-7-15)11-4-2-3-5-12(11)17/h2-5,8H,6-7,9H2,1H3,(H,18,19,20). The third kappa shape index (κ3) is 2.61. The molecule has 1 aromatic carbocycles. The summed E-state index contributed by atoms with van der Waals surface area (Å²) >= 11 is 5.91. The normalized spacial score (nSPS) is 15.9. The lowest BCUT2D eigenvalue weighted by Gasteiger charge is -2.17. The molecule has 0 aliphatic heterocycles. The van der Waals surface area contributed by atoms with Gasteiger partial charge in [-0.05, 0) is 31.4 Å². The molecule has 0 amide bonds. The van der Waals surface area contributed by atoms with E-state index in [0.29, 0.717) is 23.3 Å². The molecule has 1 heterocycles. The van der Waals surface area contributed by atoms with Gasteiger partial charge in [-0.25, -0.2) is 14.4 Å². The first-order valence-electron chi connectivity index (χ1n) is 6.59. The molecule has 3 nitrogen and oxygen atoms in total. The topological polar surface area (TPSA) is 37.8 Å². The second-order valence-electron chi connectivity index (χ2n) is 5.24. The average molecular weight is 292 g/mol. The molecule has 1 fully saturated rings. The molecule has 1 aromatic heterocycles. The van der Waals surface area contributed by atoms with Gasteiger partial charge in [0.2, 0.25) is 0 Å². The van der Waals surface area contributed by atoms with Gasteiger partial charge in [-0.15, -0.1) is 0 Å². The van der Waals surface area contributed by atoms with Crippen LogP contribution in [0.1, 0.15) is 24.2 Å². The van der Waals surface area contributed by atoms with Crippen molar-refractivity contribution in [3.05, 3.63) is 52.7 Å². The van der Waals surface area contributed by atoms with Crippen LogP contribution in [0.15, 0.2) is 30.3 Å². The monoisotopic (exact) mass is 291 g/mol. The third-order valence-corrected chi connectivity index (χ3v) is 3.91. The summed E-state index contributed by atoms with van der Waals surface area (Å²) in [5.74, 6) is 1.17. The molecular formula is C15H15ClFN3. The van der Waals surface area contributed by atoms with Crippen LogP contribution in [0, 0.1) is 12.7 Å². The van der Waals surface area contributed by atoms with Gasteiger partial charge in [-0.1, -0.05) is 29.8 Å². The molecule has 0 radical (unpaired) electrons. The number of rotatable bonds is 4. The molecule has 0 unspecified atom stereocenters. The largest absolute Gasteiger partial charge is 0.369 e. The van der Waals surface area contributed by atoms with Crippen LogP contribution in [0.25, 0.3) is 0 Å². The van der Waals surface area contributed by atoms with E-state index < -0.39 is 0 Å². The lowest BCUT2D eigenvalue weighted by atomic mass is 9.95. The number of nitrogens with one attached hydrogen (secondary N) is 1. The van der Waals surface area contributed by atoms with E-state index in [-0.39, 0.29) is 11.2 Å². The summed E-state index contributed by atoms with van der Waals surface area (Å²) in [6.45, 7) is 2.45. The van der Waals surface area contributed by atoms with Gasteiger partial charge in [0, 0.05) is 18.0 Å². The van der Waals surface area contributed by atoms with Crippen molar-refractivity contribution in [3.63, 3.8) is 0 Å². The Balaban J connectivity index is 1.77. The Morgan fingerprint density at radius 1 is 1.30 bits per heavy atom. The van der Waals surface area contributed by atoms with Gasteiger partial charge in [-0.2, -0.15) is 0 Å². The number of benzene rings is 1. The minimum absolute atomic E-state index is 0.114. The van der Waals surface area contributed by atoms with Crippen LogP contribution in [0.2, 0.25) is 5.15 Å². The first kappa shape index (κ1) is 13.3. The third-order valence-electron chi connectivity index (χ3n) is 3.71. The van der Waals surface area contributed by atoms with E-state index in [1.807, 2.05) is 12.1 Å². The molecule has 3 rings (SSSR count). The highest BCUT2D eigenvalue weighted by molar-refractivity contribution is 6.29. The fourth-order valence-corrected chi connectivity index (χ4v) is 2.69. The van der Waals surface area contributed by atoms with Crippen molar-refractivity contribution in [3.8, 4) is 0 Å². The van der Waals surface area contributed by atoms with Crippen molar-refractivity contribution < 1.29 is 4.39 Å². The summed E-state index contributed by atoms with van der Waals surface area (Å²) in [7, 11) is 0. The van der Waals surface area contributed by atoms with E-state index in [9.17, 15) is 4.39 Å². The summed E-state index contributed by atoms with van der Waals surface area (Å²) in [6.07, 6.45) is 1.97. The van der Waals surface area contributed by atoms with Crippen LogP contribution >= 0.6 is 11.6 Å². The van der Waals surface area contributed by atoms with Crippen molar-refractivity contribution in [2.24, 2.45) is 0 Å². The molecule has 0 saturated heterocycles. The first-order chi connectivity index (χ1) is 9.59. The first-order valence-corrected chi connectivity index (χ1v) is 6.97. The van der Waals surface area contributed by atoms with Gasteiger partial charge in [0.25, 0.3) is 0 Å². The summed E-state index contributed by atoms with van der Waals surface area (Å²) in [6, 6.07) is 8.66. The fourth-order valence-electron chi connectivity index (χ4n) is 2.47. The van der Waals surface area contributed by atoms with E-state index in [1.54, 1.807) is 19.1 Å². The highest BCUT2D eigenvalue weighted by Crippen LogP contribution is 2.48. The molecule has 5 heteroatoms. The second-order valence-corrected chi connectivity index (χ2v) is 5.62. The SMILES string of the molecule is Cc1nc(Cl)cc(NCC2(c3ccccc3F)CC2)n1. The van der Waals surface area contributed by atoms with Crippen molar-refractivity contribution in [2.45, 2.75) is 25.2 Å². The number of anilines is 1. The molecule has 0 spiro atoms. The predicted molar refractivity (Wildman–Crippen MR) is 77.6 cm³/mol. The van der Waals surface area contributed by atoms with Gasteiger partial charge in [0.05, 0.1) is 0 Å². The Morgan fingerprint density at radius 3 is 2.70 bits per heavy atom. The molecule has 1 aliphatic rings. The molecule has 2 aromatic rings. The second kappa shape index (κ2) is 5.02. The molecular weight excluding hydrogens is 277 g/mol. The number of aromatic nitrogens is 2. The maximum absolute atomic E-state index is 13.9. The van der Waals surface area contributed by atoms with E-state index in [4.69, 9.17) is 11.6 Å². The molecule has 0 bridgehead atoms. The summed E-state index contributed by atoms with van der Waals surface area (Å²) in [5.41, 5.74) is 0.667. The van der Waals surface area contributed by atoms with Crippen molar-refractivity contribution in [1.82, 2.24) is 9.97 Å². The molecule has 1 N–H and O–H groups in total. The highest BCUT2D eigenvalue weighted by atomic mass is 35.5. The smallest absolute Gasteiger partial charge is 0.134 e. The Kier molecular flexibility index (Phi) is 3.34. The van der Waals surface area contributed by atoms with Crippen LogP contribution in [-0.4, -0.2) is 16.5 Å². The molecule has 104 valence electrons. The molecule has 1 saturated carbocycles. The number of hydrogen-bond donors (Lipinski definition) is 1. The van der Waals surface area contributed by atoms with Crippen LogP contribution in [-0.2, 0) is 5.41 Å². The van der Waals surface area contributed by atoms with Crippen LogP contribution in [0.4, 0.5) is 10.2 Å². The molecule has 0 atom stereocenters. The summed E-state index contributed by atoms with van der Waals surface area (Å²) < 4.78 is 13.9. The maximum Gasteiger partial charge on any atom is 0.134 e. The number of aryl methyl sites for hydroxylation is 1. The minimum atomic E-state index is -0.135. The Hall–Kier alpha value is -1.68. The van der Waals surface area contributed by atoms with Crippen LogP contribution in [0.3, 0.4) is 0 Å². The summed E-state index contributed by atoms with van der Waals surface area (Å²) in [4.78, 5) is 8.30. The van der Waals surface area contributed by atoms with Gasteiger partial charge in [0.15, 0.2) is 0 Å². The quantitative estimate of drug-likeness (QED) is 0.873. The lowest BCUT2D eigenvalue weighted by Crippen LogP contribution is -2.21. The van der Waals surface area contributed by atoms with Crippen LogP contribution in [0.5, 0.6) is 0 Å². The number of nitrogens with zero attached hydrogens (tertiary/aromatic N) is 2. The Morgan fingerprint density at radius 2 is 2.05 bits per heavy atom. The number of halogens is 2. The zero-order valence-electron chi connectivity index (χ0n) is 11.2. The Bertz CT molecular complexity index is 621. The van der Waals surface area contributed by atoms with E-state index >= 15 is 0 Å². The average Bonchev–Trinajstić information content (AvgIpc) is 3.17. The lowest BCUT2D eigenvalue weighted by molar-refractivity contribution is 0.578. The minimum Gasteiger partial charge on any atom is -0.369 e. The molecule has 1 aliphatic carbocycles. The maximum atomic E-state index is 13.9. The predicted octanol–water partition coefficient (Wildman–Crippen LogP) is 3.72. The van der Waals surface area contributed by atoms with E-state index in [0.717, 1.165) is 18.4 Å². The Labute approximate surface area is 122 Å². The van der Waals surface area contributed by atoms with Crippen molar-refractivity contribution in [2.75, 3.05) is 11.9 Å². The zero-order valence-corrected chi connectivity index (χ0v) is 11.9. The highest BCUT2D eigenvalue weighted by Gasteiger charge is 2.45. The van der Waals surface area contributed by atoms with Gasteiger partial charge in [-0.3, -0.25) is 0 Å². The summed E-state index contributed by atoms with van der Waals surface area (Å²) in [5, 5.41) is 3.67. The van der Waals surface area contributed by atoms with E-state index in [2.05, 4.69) is 15.3 Å². The van der Waals surface area contributed by atoms with Gasteiger partial charge in [0.1, 0.15) is 22.6 Å². The van der Waals surface area contributed by atoms with E-state index in [1.165, 1.54) is 6.07 Å². The molecule has 20 heavy (non-hydrogen) atoms. The number of hydrogen-bond acceptors (Lipinski definition) is 3. The van der Waals surface area contributed by atoms with Gasteiger partial charge >= 0.3 is 0 Å². The van der Waals surface area contributed by atoms with Crippen molar-refractivity contribution >= 4 is 17.4 Å².